The Balaban J connectivity index is 1.99. The third-order valence-corrected chi connectivity index (χ3v) is 5.14. The first kappa shape index (κ1) is 19.2. The zero-order chi connectivity index (χ0) is 19.4. The van der Waals surface area contributed by atoms with Crippen LogP contribution in [0.1, 0.15) is 34.1 Å². The van der Waals surface area contributed by atoms with Gasteiger partial charge in [0.1, 0.15) is 6.04 Å². The van der Waals surface area contributed by atoms with E-state index in [1.165, 1.54) is 0 Å². The van der Waals surface area contributed by atoms with Crippen molar-refractivity contribution in [1.29, 1.82) is 0 Å². The second kappa shape index (κ2) is 7.95. The number of cyclic esters (lactones) is 1. The lowest BCUT2D eigenvalue weighted by Gasteiger charge is -2.28. The number of allylic oxidation sites excluding steroid dienone is 5. The highest BCUT2D eigenvalue weighted by Crippen LogP contribution is 2.39. The molecule has 0 saturated heterocycles. The van der Waals surface area contributed by atoms with Gasteiger partial charge in [-0.1, -0.05) is 76.3 Å². The van der Waals surface area contributed by atoms with Gasteiger partial charge in [0.25, 0.3) is 0 Å². The molecule has 1 aliphatic carbocycles. The fraction of sp³-hybridized carbons (Fsp3) is 0.391. The Kier molecular flexibility index (Phi) is 5.64. The molecule has 142 valence electrons. The molecular weight excluding hydrogens is 336 g/mol. The number of esters is 1. The zero-order valence-electron chi connectivity index (χ0n) is 16.5. The molecule has 27 heavy (non-hydrogen) atoms. The van der Waals surface area contributed by atoms with Gasteiger partial charge in [0.15, 0.2) is 5.54 Å². The summed E-state index contributed by atoms with van der Waals surface area (Å²) < 4.78 is 5.79. The lowest BCUT2D eigenvalue weighted by atomic mass is 9.78. The molecule has 1 aromatic rings. The lowest BCUT2D eigenvalue weighted by Crippen LogP contribution is -2.41. The van der Waals surface area contributed by atoms with Crippen LogP contribution in [0.4, 0.5) is 5.69 Å². The molecule has 0 saturated carbocycles. The van der Waals surface area contributed by atoms with E-state index in [2.05, 4.69) is 25.2 Å². The number of carbonyl (C=O) groups excluding carboxylic acids is 1. The minimum Gasteiger partial charge on any atom is -0.408 e. The Labute approximate surface area is 161 Å². The largest absolute Gasteiger partial charge is 0.408 e. The number of para-hydroxylation sites is 1. The number of hydrogen-bond acceptors (Lipinski definition) is 4. The lowest BCUT2D eigenvalue weighted by molar-refractivity contribution is -0.139. The fourth-order valence-corrected chi connectivity index (χ4v) is 3.57. The van der Waals surface area contributed by atoms with Crippen LogP contribution in [-0.4, -0.2) is 23.4 Å². The third-order valence-electron chi connectivity index (χ3n) is 5.14. The highest BCUT2D eigenvalue weighted by atomic mass is 16.6. The van der Waals surface area contributed by atoms with Gasteiger partial charge >= 0.3 is 5.97 Å². The van der Waals surface area contributed by atoms with Crippen molar-refractivity contribution in [2.45, 2.75) is 45.7 Å². The van der Waals surface area contributed by atoms with Gasteiger partial charge in [-0.05, 0) is 36.0 Å². The number of hydrogen-bond donors (Lipinski definition) is 1. The van der Waals surface area contributed by atoms with Crippen LogP contribution in [0.5, 0.6) is 0 Å². The average molecular weight is 364 g/mol. The topological polar surface area (TPSA) is 50.7 Å². The van der Waals surface area contributed by atoms with Crippen molar-refractivity contribution < 1.29 is 9.53 Å². The predicted molar refractivity (Wildman–Crippen MR) is 111 cm³/mol. The van der Waals surface area contributed by atoms with Crippen LogP contribution in [0.25, 0.3) is 0 Å². The number of rotatable bonds is 6. The maximum absolute atomic E-state index is 13.1. The molecule has 0 bridgehead atoms. The summed E-state index contributed by atoms with van der Waals surface area (Å²) in [6, 6.07) is 9.78. The molecule has 0 aromatic heterocycles. The summed E-state index contributed by atoms with van der Waals surface area (Å²) in [6.45, 7) is 8.26. The summed E-state index contributed by atoms with van der Waals surface area (Å²) >= 11 is 0. The highest BCUT2D eigenvalue weighted by molar-refractivity contribution is 6.05. The van der Waals surface area contributed by atoms with Gasteiger partial charge in [-0.15, -0.1) is 0 Å². The van der Waals surface area contributed by atoms with Crippen molar-refractivity contribution in [3.63, 3.8) is 0 Å². The molecule has 4 nitrogen and oxygen atoms in total. The van der Waals surface area contributed by atoms with Crippen molar-refractivity contribution in [3.05, 3.63) is 66.3 Å². The fourth-order valence-electron chi connectivity index (χ4n) is 3.57. The number of carbonyl (C=O) groups is 1. The second-order valence-electron chi connectivity index (χ2n) is 7.70. The average Bonchev–Trinajstić information content (AvgIpc) is 2.82. The van der Waals surface area contributed by atoms with Gasteiger partial charge in [0, 0.05) is 5.69 Å². The SMILES string of the molecule is CC(C)C(Nc1ccccc1)C1=NC(C2=CC=CC=CC2)(C(C)C)C(=O)O1. The van der Waals surface area contributed by atoms with Crippen LogP contribution < -0.4 is 5.32 Å². The van der Waals surface area contributed by atoms with Crippen molar-refractivity contribution in [2.24, 2.45) is 16.8 Å². The number of nitrogens with one attached hydrogen (secondary N) is 1. The zero-order valence-corrected chi connectivity index (χ0v) is 16.5. The van der Waals surface area contributed by atoms with Crippen LogP contribution >= 0.6 is 0 Å². The number of benzene rings is 1. The molecule has 2 unspecified atom stereocenters. The first-order valence-electron chi connectivity index (χ1n) is 9.61. The number of anilines is 1. The van der Waals surface area contributed by atoms with E-state index in [1.54, 1.807) is 0 Å². The van der Waals surface area contributed by atoms with Crippen molar-refractivity contribution in [1.82, 2.24) is 0 Å². The summed E-state index contributed by atoms with van der Waals surface area (Å²) in [6.07, 6.45) is 10.7. The third kappa shape index (κ3) is 3.75. The quantitative estimate of drug-likeness (QED) is 0.729. The van der Waals surface area contributed by atoms with E-state index >= 15 is 0 Å². The Hall–Kier alpha value is -2.62. The molecule has 0 amide bonds. The molecule has 1 aromatic carbocycles. The van der Waals surface area contributed by atoms with Gasteiger partial charge in [-0.25, -0.2) is 9.79 Å². The Morgan fingerprint density at radius 1 is 1.07 bits per heavy atom. The smallest absolute Gasteiger partial charge is 0.345 e. The molecule has 1 N–H and O–H groups in total. The van der Waals surface area contributed by atoms with Gasteiger partial charge in [0.2, 0.25) is 5.90 Å². The summed E-state index contributed by atoms with van der Waals surface area (Å²) in [4.78, 5) is 18.0. The number of ether oxygens (including phenoxy) is 1. The van der Waals surface area contributed by atoms with E-state index in [0.717, 1.165) is 11.3 Å². The molecule has 1 aliphatic heterocycles. The molecule has 1 heterocycles. The predicted octanol–water partition coefficient (Wildman–Crippen LogP) is 4.92. The van der Waals surface area contributed by atoms with Crippen LogP contribution in [0.3, 0.4) is 0 Å². The summed E-state index contributed by atoms with van der Waals surface area (Å²) in [5.41, 5.74) is 1.00. The highest BCUT2D eigenvalue weighted by Gasteiger charge is 2.52. The summed E-state index contributed by atoms with van der Waals surface area (Å²) in [5.74, 6) is 0.412. The van der Waals surface area contributed by atoms with Gasteiger partial charge in [0.05, 0.1) is 0 Å². The molecule has 0 spiro atoms. The normalized spacial score (nSPS) is 23.1. The molecule has 0 fully saturated rings. The van der Waals surface area contributed by atoms with E-state index in [1.807, 2.05) is 68.5 Å². The second-order valence-corrected chi connectivity index (χ2v) is 7.70. The Morgan fingerprint density at radius 2 is 1.81 bits per heavy atom. The first-order valence-corrected chi connectivity index (χ1v) is 9.61. The van der Waals surface area contributed by atoms with Crippen molar-refractivity contribution >= 4 is 17.6 Å². The molecular formula is C23H28N2O2. The van der Waals surface area contributed by atoms with Crippen LogP contribution in [0.15, 0.2) is 71.3 Å². The summed E-state index contributed by atoms with van der Waals surface area (Å²) in [5, 5.41) is 3.48. The van der Waals surface area contributed by atoms with E-state index < -0.39 is 5.54 Å². The standard InChI is InChI=1S/C23H28N2O2/c1-16(2)20(24-19-14-10-7-11-15-19)21-25-23(17(3)4,22(26)27-21)18-12-8-5-6-9-13-18/h5-12,14-17,20,24H,13H2,1-4H3. The Morgan fingerprint density at radius 3 is 2.48 bits per heavy atom. The maximum atomic E-state index is 13.1. The van der Waals surface area contributed by atoms with E-state index in [0.29, 0.717) is 12.3 Å². The van der Waals surface area contributed by atoms with Crippen molar-refractivity contribution in [3.8, 4) is 0 Å². The molecule has 2 aliphatic rings. The minimum absolute atomic E-state index is 0.00168. The Bertz CT molecular complexity index is 803. The van der Waals surface area contributed by atoms with Crippen molar-refractivity contribution in [2.75, 3.05) is 5.32 Å². The molecule has 2 atom stereocenters. The molecule has 4 heteroatoms. The monoisotopic (exact) mass is 364 g/mol. The van der Waals surface area contributed by atoms with Gasteiger partial charge in [-0.2, -0.15) is 0 Å². The van der Waals surface area contributed by atoms with Gasteiger partial charge in [-0.3, -0.25) is 0 Å². The van der Waals surface area contributed by atoms with E-state index in [-0.39, 0.29) is 23.8 Å². The first-order chi connectivity index (χ1) is 12.9. The molecule has 3 rings (SSSR count). The maximum Gasteiger partial charge on any atom is 0.345 e. The van der Waals surface area contributed by atoms with Gasteiger partial charge < -0.3 is 10.1 Å². The van der Waals surface area contributed by atoms with E-state index in [9.17, 15) is 4.79 Å². The number of nitrogens with zero attached hydrogens (tertiary/aromatic N) is 1. The molecule has 0 radical (unpaired) electrons. The minimum atomic E-state index is -0.958. The van der Waals surface area contributed by atoms with Crippen LogP contribution in [0, 0.1) is 11.8 Å². The van der Waals surface area contributed by atoms with Crippen LogP contribution in [0.2, 0.25) is 0 Å². The van der Waals surface area contributed by atoms with E-state index in [4.69, 9.17) is 9.73 Å². The summed E-state index contributed by atoms with van der Waals surface area (Å²) in [7, 11) is 0. The van der Waals surface area contributed by atoms with Crippen LogP contribution in [-0.2, 0) is 9.53 Å². The number of aliphatic imine (C=N–C) groups is 1.